The van der Waals surface area contributed by atoms with Gasteiger partial charge in [0.05, 0.1) is 18.9 Å². The second-order valence-electron chi connectivity index (χ2n) is 10.2. The first kappa shape index (κ1) is 26.9. The lowest BCUT2D eigenvalue weighted by atomic mass is 10.1. The molecule has 1 atom stereocenters. The van der Waals surface area contributed by atoms with E-state index in [1.54, 1.807) is 48.9 Å². The first-order chi connectivity index (χ1) is 19.3. The Balaban J connectivity index is 1.25. The van der Waals surface area contributed by atoms with E-state index >= 15 is 0 Å². The molecule has 2 aliphatic rings. The Morgan fingerprint density at radius 2 is 1.95 bits per heavy atom. The third kappa shape index (κ3) is 6.48. The predicted molar refractivity (Wildman–Crippen MR) is 149 cm³/mol. The van der Waals surface area contributed by atoms with Gasteiger partial charge < -0.3 is 29.9 Å². The number of allylic oxidation sites excluding steroid dienone is 3. The van der Waals surface area contributed by atoms with Crippen LogP contribution in [-0.2, 0) is 9.53 Å². The van der Waals surface area contributed by atoms with Gasteiger partial charge in [-0.25, -0.2) is 19.7 Å². The van der Waals surface area contributed by atoms with E-state index in [4.69, 9.17) is 14.5 Å². The lowest BCUT2D eigenvalue weighted by Gasteiger charge is -2.34. The number of benzene rings is 1. The molecule has 2 aromatic heterocycles. The van der Waals surface area contributed by atoms with Crippen LogP contribution >= 0.6 is 0 Å². The van der Waals surface area contributed by atoms with Gasteiger partial charge in [-0.3, -0.25) is 4.98 Å². The zero-order valence-electron chi connectivity index (χ0n) is 22.4. The van der Waals surface area contributed by atoms with Crippen LogP contribution in [0.3, 0.4) is 0 Å². The molecule has 1 fully saturated rings. The Kier molecular flexibility index (Phi) is 7.81. The number of carboxylic acid groups (broad SMARTS) is 1. The van der Waals surface area contributed by atoms with Crippen molar-refractivity contribution in [2.75, 3.05) is 23.3 Å². The fourth-order valence-electron chi connectivity index (χ4n) is 4.44. The van der Waals surface area contributed by atoms with Crippen LogP contribution in [0.2, 0.25) is 0 Å². The minimum Gasteiger partial charge on any atom is -0.508 e. The van der Waals surface area contributed by atoms with Crippen LogP contribution in [-0.4, -0.2) is 60.9 Å². The largest absolute Gasteiger partial charge is 0.508 e. The molecule has 3 aromatic rings. The summed E-state index contributed by atoms with van der Waals surface area (Å²) in [6.07, 6.45) is 12.1. The maximum atomic E-state index is 11.3. The number of nitrogens with zero attached hydrogens (tertiary/aromatic N) is 5. The number of nitrogens with one attached hydrogen (secondary N) is 1. The van der Waals surface area contributed by atoms with E-state index < -0.39 is 11.6 Å². The molecule has 11 heteroatoms. The highest BCUT2D eigenvalue weighted by Gasteiger charge is 2.29. The van der Waals surface area contributed by atoms with Crippen LogP contribution in [0, 0.1) is 0 Å². The van der Waals surface area contributed by atoms with Crippen molar-refractivity contribution in [2.24, 2.45) is 0 Å². The molecule has 208 valence electrons. The van der Waals surface area contributed by atoms with E-state index in [0.717, 1.165) is 37.2 Å². The van der Waals surface area contributed by atoms with E-state index in [9.17, 15) is 15.0 Å². The number of aliphatic hydroxyl groups is 1. The Morgan fingerprint density at radius 1 is 1.12 bits per heavy atom. The Labute approximate surface area is 232 Å². The number of carbonyl (C=O) groups is 1. The van der Waals surface area contributed by atoms with E-state index in [1.165, 1.54) is 13.8 Å². The number of aliphatic hydroxyl groups excluding tert-OH is 1. The first-order valence-electron chi connectivity index (χ1n) is 13.2. The molecule has 0 bridgehead atoms. The summed E-state index contributed by atoms with van der Waals surface area (Å²) >= 11 is 0. The SMILES string of the molecule is CC(C)(Oc1ccc(-c2nccc(Nc3cncc(N4CCCC(OC5=C(O)CCC=C5)C4)n3)n2)cc1)C(=O)O. The number of aromatic nitrogens is 4. The highest BCUT2D eigenvalue weighted by molar-refractivity contribution is 5.76. The van der Waals surface area contributed by atoms with Gasteiger partial charge in [0.15, 0.2) is 23.0 Å². The normalized spacial score (nSPS) is 17.4. The van der Waals surface area contributed by atoms with Gasteiger partial charge in [0, 0.05) is 24.7 Å². The molecule has 3 heterocycles. The molecule has 1 aromatic carbocycles. The van der Waals surface area contributed by atoms with E-state index in [2.05, 4.69) is 25.2 Å². The molecule has 0 saturated carbocycles. The second-order valence-corrected chi connectivity index (χ2v) is 10.2. The summed E-state index contributed by atoms with van der Waals surface area (Å²) in [6, 6.07) is 8.68. The molecule has 1 aliphatic carbocycles. The molecule has 40 heavy (non-hydrogen) atoms. The van der Waals surface area contributed by atoms with E-state index in [0.29, 0.717) is 47.7 Å². The highest BCUT2D eigenvalue weighted by Crippen LogP contribution is 2.27. The van der Waals surface area contributed by atoms with Gasteiger partial charge in [0.2, 0.25) is 0 Å². The number of hydrogen-bond acceptors (Lipinski definition) is 10. The fraction of sp³-hybridized carbons (Fsp3) is 0.345. The zero-order chi connectivity index (χ0) is 28.1. The van der Waals surface area contributed by atoms with E-state index in [-0.39, 0.29) is 6.10 Å². The van der Waals surface area contributed by atoms with Crippen LogP contribution in [0.4, 0.5) is 17.5 Å². The maximum absolute atomic E-state index is 11.3. The number of piperidine rings is 1. The number of anilines is 3. The monoisotopic (exact) mass is 544 g/mol. The van der Waals surface area contributed by atoms with Crippen LogP contribution in [0.15, 0.2) is 72.6 Å². The lowest BCUT2D eigenvalue weighted by molar-refractivity contribution is -0.152. The van der Waals surface area contributed by atoms with Crippen molar-refractivity contribution < 1.29 is 24.5 Å². The second kappa shape index (κ2) is 11.6. The minimum absolute atomic E-state index is 0.0523. The number of ether oxygens (including phenoxy) is 2. The van der Waals surface area contributed by atoms with Crippen LogP contribution in [0.5, 0.6) is 5.75 Å². The molecule has 0 amide bonds. The number of hydrogen-bond donors (Lipinski definition) is 3. The van der Waals surface area contributed by atoms with Crippen molar-refractivity contribution >= 4 is 23.4 Å². The molecule has 11 nitrogen and oxygen atoms in total. The summed E-state index contributed by atoms with van der Waals surface area (Å²) in [7, 11) is 0. The third-order valence-corrected chi connectivity index (χ3v) is 6.63. The molecule has 1 aliphatic heterocycles. The number of rotatable bonds is 9. The fourth-order valence-corrected chi connectivity index (χ4v) is 4.44. The third-order valence-electron chi connectivity index (χ3n) is 6.63. The summed E-state index contributed by atoms with van der Waals surface area (Å²) in [4.78, 5) is 31.6. The van der Waals surface area contributed by atoms with Crippen molar-refractivity contribution in [1.82, 2.24) is 19.9 Å². The Bertz CT molecular complexity index is 1420. The Morgan fingerprint density at radius 3 is 2.73 bits per heavy atom. The average molecular weight is 545 g/mol. The van der Waals surface area contributed by atoms with Gasteiger partial charge in [-0.1, -0.05) is 6.08 Å². The molecule has 0 spiro atoms. The van der Waals surface area contributed by atoms with Gasteiger partial charge in [-0.15, -0.1) is 0 Å². The molecule has 5 rings (SSSR count). The predicted octanol–water partition coefficient (Wildman–Crippen LogP) is 5.02. The van der Waals surface area contributed by atoms with Gasteiger partial charge >= 0.3 is 5.97 Å². The molecular formula is C29H32N6O5. The van der Waals surface area contributed by atoms with Crippen molar-refractivity contribution in [3.8, 4) is 17.1 Å². The van der Waals surface area contributed by atoms with Gasteiger partial charge in [-0.05, 0) is 69.5 Å². The average Bonchev–Trinajstić information content (AvgIpc) is 2.95. The van der Waals surface area contributed by atoms with Crippen LogP contribution in [0.25, 0.3) is 11.4 Å². The lowest BCUT2D eigenvalue weighted by Crippen LogP contribution is -2.40. The summed E-state index contributed by atoms with van der Waals surface area (Å²) in [5.74, 6) is 2.57. The van der Waals surface area contributed by atoms with Crippen molar-refractivity contribution in [2.45, 2.75) is 51.2 Å². The topological polar surface area (TPSA) is 143 Å². The number of aliphatic carboxylic acids is 1. The maximum Gasteiger partial charge on any atom is 0.347 e. The standard InChI is InChI=1S/C29H32N6O5/c1-29(2,28(37)38)40-20-11-9-19(10-12-20)27-31-14-13-24(34-27)32-25-16-30-17-26(33-25)35-15-5-6-21(18-35)39-23-8-4-3-7-22(23)36/h4,8-14,16-17,21,36H,3,5-7,15,18H2,1-2H3,(H,37,38)(H,31,32,33,34). The molecule has 3 N–H and O–H groups in total. The first-order valence-corrected chi connectivity index (χ1v) is 13.2. The van der Waals surface area contributed by atoms with Gasteiger partial charge in [0.25, 0.3) is 0 Å². The number of carboxylic acids is 1. The van der Waals surface area contributed by atoms with Crippen molar-refractivity contribution in [3.63, 3.8) is 0 Å². The quantitative estimate of drug-likeness (QED) is 0.334. The van der Waals surface area contributed by atoms with Gasteiger partial charge in [0.1, 0.15) is 29.2 Å². The molecule has 1 unspecified atom stereocenters. The van der Waals surface area contributed by atoms with Crippen molar-refractivity contribution in [3.05, 3.63) is 72.6 Å². The summed E-state index contributed by atoms with van der Waals surface area (Å²) in [5, 5.41) is 22.6. The smallest absolute Gasteiger partial charge is 0.347 e. The minimum atomic E-state index is -1.34. The summed E-state index contributed by atoms with van der Waals surface area (Å²) in [6.45, 7) is 4.47. The van der Waals surface area contributed by atoms with Gasteiger partial charge in [-0.2, -0.15) is 0 Å². The summed E-state index contributed by atoms with van der Waals surface area (Å²) in [5.41, 5.74) is -0.593. The van der Waals surface area contributed by atoms with Crippen molar-refractivity contribution in [1.29, 1.82) is 0 Å². The van der Waals surface area contributed by atoms with Crippen LogP contribution in [0.1, 0.15) is 39.5 Å². The summed E-state index contributed by atoms with van der Waals surface area (Å²) < 4.78 is 11.7. The zero-order valence-corrected chi connectivity index (χ0v) is 22.4. The Hall–Kier alpha value is -4.67. The molecule has 1 saturated heterocycles. The highest BCUT2D eigenvalue weighted by atomic mass is 16.5. The molecular weight excluding hydrogens is 512 g/mol. The van der Waals surface area contributed by atoms with Crippen LogP contribution < -0.4 is 15.0 Å². The molecule has 0 radical (unpaired) electrons. The van der Waals surface area contributed by atoms with E-state index in [1.807, 2.05) is 12.2 Å².